The van der Waals surface area contributed by atoms with E-state index in [1.807, 2.05) is 17.0 Å². The van der Waals surface area contributed by atoms with Crippen molar-refractivity contribution in [1.29, 1.82) is 10.5 Å². The van der Waals surface area contributed by atoms with Crippen LogP contribution in [0.2, 0.25) is 0 Å². The van der Waals surface area contributed by atoms with Crippen molar-refractivity contribution in [1.82, 2.24) is 20.2 Å². The van der Waals surface area contributed by atoms with Gasteiger partial charge in [0, 0.05) is 37.1 Å². The Morgan fingerprint density at radius 1 is 1.08 bits per heavy atom. The van der Waals surface area contributed by atoms with Crippen molar-refractivity contribution in [2.75, 3.05) is 19.7 Å². The first-order valence-corrected chi connectivity index (χ1v) is 11.4. The molecule has 3 aromatic rings. The smallest absolute Gasteiger partial charge is 0.422 e. The van der Waals surface area contributed by atoms with E-state index in [1.165, 1.54) is 24.5 Å². The summed E-state index contributed by atoms with van der Waals surface area (Å²) in [5.74, 6) is -1.40. The summed E-state index contributed by atoms with van der Waals surface area (Å²) in [5.41, 5.74) is 1.74. The lowest BCUT2D eigenvalue weighted by Gasteiger charge is -2.28. The van der Waals surface area contributed by atoms with E-state index in [9.17, 15) is 22.4 Å². The van der Waals surface area contributed by atoms with E-state index in [-0.39, 0.29) is 17.2 Å². The Bertz CT molecular complexity index is 1380. The second kappa shape index (κ2) is 11.2. The largest absolute Gasteiger partial charge is 0.454 e. The number of likely N-dealkylation sites (tertiary alicyclic amines) is 1. The molecule has 1 saturated heterocycles. The third-order valence-corrected chi connectivity index (χ3v) is 5.95. The summed E-state index contributed by atoms with van der Waals surface area (Å²) in [6.07, 6.45) is -1.23. The van der Waals surface area contributed by atoms with Crippen molar-refractivity contribution in [2.45, 2.75) is 24.7 Å². The number of nitrogens with one attached hydrogen (secondary N) is 1. The number of amides is 1. The van der Waals surface area contributed by atoms with Gasteiger partial charge in [0.05, 0.1) is 34.9 Å². The van der Waals surface area contributed by atoms with Crippen molar-refractivity contribution in [3.8, 4) is 18.1 Å². The highest BCUT2D eigenvalue weighted by molar-refractivity contribution is 5.94. The van der Waals surface area contributed by atoms with E-state index in [1.54, 1.807) is 24.3 Å². The van der Waals surface area contributed by atoms with Gasteiger partial charge in [-0.1, -0.05) is 12.1 Å². The Hall–Kier alpha value is -4.55. The van der Waals surface area contributed by atoms with Gasteiger partial charge in [0.15, 0.2) is 6.61 Å². The minimum Gasteiger partial charge on any atom is -0.454 e. The van der Waals surface area contributed by atoms with Crippen LogP contribution in [0.4, 0.5) is 17.6 Å². The number of rotatable bonds is 7. The normalized spacial score (nSPS) is 16.3. The molecule has 0 radical (unpaired) electrons. The Balaban J connectivity index is 1.52. The Morgan fingerprint density at radius 2 is 1.74 bits per heavy atom. The molecule has 1 aromatic heterocycles. The maximum Gasteiger partial charge on any atom is 0.422 e. The van der Waals surface area contributed by atoms with E-state index < -0.39 is 36.6 Å². The summed E-state index contributed by atoms with van der Waals surface area (Å²) in [6, 6.07) is 13.1. The van der Waals surface area contributed by atoms with Gasteiger partial charge in [-0.05, 0) is 42.3 Å². The fraction of sp³-hybridized carbons (Fsp3) is 0.269. The van der Waals surface area contributed by atoms with Gasteiger partial charge in [-0.3, -0.25) is 9.69 Å². The van der Waals surface area contributed by atoms with Gasteiger partial charge in [0.1, 0.15) is 5.82 Å². The van der Waals surface area contributed by atoms with Crippen LogP contribution in [-0.2, 0) is 0 Å². The summed E-state index contributed by atoms with van der Waals surface area (Å²) >= 11 is 0. The molecule has 1 N–H and O–H groups in total. The molecule has 1 amide bonds. The molecule has 38 heavy (non-hydrogen) atoms. The van der Waals surface area contributed by atoms with Gasteiger partial charge in [-0.25, -0.2) is 14.4 Å². The number of nitriles is 2. The Labute approximate surface area is 215 Å². The highest BCUT2D eigenvalue weighted by Crippen LogP contribution is 2.32. The first-order valence-electron chi connectivity index (χ1n) is 11.4. The number of hydrogen-bond donors (Lipinski definition) is 1. The van der Waals surface area contributed by atoms with Crippen LogP contribution in [0.1, 0.15) is 45.1 Å². The van der Waals surface area contributed by atoms with E-state index in [2.05, 4.69) is 20.0 Å². The zero-order chi connectivity index (χ0) is 27.3. The zero-order valence-corrected chi connectivity index (χ0v) is 19.7. The fourth-order valence-electron chi connectivity index (χ4n) is 4.21. The second-order valence-electron chi connectivity index (χ2n) is 8.60. The monoisotopic (exact) mass is 524 g/mol. The van der Waals surface area contributed by atoms with Crippen LogP contribution in [-0.4, -0.2) is 52.7 Å². The third-order valence-electron chi connectivity index (χ3n) is 5.95. The van der Waals surface area contributed by atoms with Gasteiger partial charge >= 0.3 is 12.2 Å². The van der Waals surface area contributed by atoms with Gasteiger partial charge < -0.3 is 10.1 Å². The van der Waals surface area contributed by atoms with E-state index >= 15 is 0 Å². The van der Waals surface area contributed by atoms with Crippen LogP contribution in [0.25, 0.3) is 0 Å². The van der Waals surface area contributed by atoms with Crippen LogP contribution in [0.5, 0.6) is 6.01 Å². The highest BCUT2D eigenvalue weighted by Gasteiger charge is 2.33. The lowest BCUT2D eigenvalue weighted by molar-refractivity contribution is -0.154. The number of nitrogens with zero attached hydrogens (tertiary/aromatic N) is 5. The number of carbonyl (C=O) groups is 1. The predicted molar refractivity (Wildman–Crippen MR) is 125 cm³/mol. The number of hydrogen-bond acceptors (Lipinski definition) is 7. The molecule has 4 rings (SSSR count). The van der Waals surface area contributed by atoms with E-state index in [0.717, 1.165) is 11.6 Å². The van der Waals surface area contributed by atoms with Crippen molar-refractivity contribution < 1.29 is 27.1 Å². The molecule has 12 heteroatoms. The number of alkyl halides is 3. The first-order chi connectivity index (χ1) is 18.2. The third kappa shape index (κ3) is 6.41. The number of aromatic nitrogens is 2. The van der Waals surface area contributed by atoms with Gasteiger partial charge in [-0.15, -0.1) is 0 Å². The quantitative estimate of drug-likeness (QED) is 0.467. The molecule has 194 valence electrons. The summed E-state index contributed by atoms with van der Waals surface area (Å²) in [7, 11) is 0. The van der Waals surface area contributed by atoms with Crippen LogP contribution < -0.4 is 10.1 Å². The summed E-state index contributed by atoms with van der Waals surface area (Å²) in [5, 5.41) is 20.8. The topological polar surface area (TPSA) is 115 Å². The average molecular weight is 524 g/mol. The fourth-order valence-corrected chi connectivity index (χ4v) is 4.21. The van der Waals surface area contributed by atoms with E-state index in [0.29, 0.717) is 30.6 Å². The maximum atomic E-state index is 14.3. The molecule has 1 fully saturated rings. The Morgan fingerprint density at radius 3 is 2.34 bits per heavy atom. The molecule has 2 heterocycles. The lowest BCUT2D eigenvalue weighted by Crippen LogP contribution is -2.38. The van der Waals surface area contributed by atoms with Crippen LogP contribution in [0.15, 0.2) is 54.9 Å². The summed E-state index contributed by atoms with van der Waals surface area (Å²) < 4.78 is 56.3. The molecule has 2 atom stereocenters. The van der Waals surface area contributed by atoms with E-state index in [4.69, 9.17) is 10.5 Å². The van der Waals surface area contributed by atoms with Crippen molar-refractivity contribution >= 4 is 5.91 Å². The van der Waals surface area contributed by atoms with Crippen molar-refractivity contribution in [2.24, 2.45) is 0 Å². The maximum absolute atomic E-state index is 14.3. The predicted octanol–water partition coefficient (Wildman–Crippen LogP) is 3.89. The lowest BCUT2D eigenvalue weighted by atomic mass is 9.98. The second-order valence-corrected chi connectivity index (χ2v) is 8.60. The molecule has 0 aliphatic carbocycles. The van der Waals surface area contributed by atoms with Gasteiger partial charge in [0.2, 0.25) is 0 Å². The molecule has 1 aliphatic heterocycles. The standard InChI is InChI=1S/C26H20F4N6O2/c27-22-9-17(11-32)3-6-21(22)24(37)35-20-7-8-36(14-20)23(18-4-1-16(10-31)2-5-18)19-12-33-25(34-13-19)38-15-26(28,29)30/h1-6,9,12-13,20,23H,7-8,14-15H2,(H,35,37)/t20-,23?/m1/s1. The van der Waals surface area contributed by atoms with Crippen molar-refractivity contribution in [3.63, 3.8) is 0 Å². The van der Waals surface area contributed by atoms with Gasteiger partial charge in [-0.2, -0.15) is 23.7 Å². The zero-order valence-electron chi connectivity index (χ0n) is 19.7. The summed E-state index contributed by atoms with van der Waals surface area (Å²) in [4.78, 5) is 22.5. The number of halogens is 4. The minimum atomic E-state index is -4.53. The van der Waals surface area contributed by atoms with Crippen LogP contribution in [0.3, 0.4) is 0 Å². The minimum absolute atomic E-state index is 0.105. The average Bonchev–Trinajstić information content (AvgIpc) is 3.35. The number of ether oxygens (including phenoxy) is 1. The number of benzene rings is 2. The molecule has 0 saturated carbocycles. The highest BCUT2D eigenvalue weighted by atomic mass is 19.4. The van der Waals surface area contributed by atoms with Crippen LogP contribution >= 0.6 is 0 Å². The molecule has 0 bridgehead atoms. The summed E-state index contributed by atoms with van der Waals surface area (Å²) in [6.45, 7) is -0.614. The Kier molecular flexibility index (Phi) is 7.84. The first kappa shape index (κ1) is 26.5. The van der Waals surface area contributed by atoms with Crippen molar-refractivity contribution in [3.05, 3.63) is 88.5 Å². The molecule has 1 aliphatic rings. The molecular formula is C26H20F4N6O2. The molecule has 0 spiro atoms. The van der Waals surface area contributed by atoms with Gasteiger partial charge in [0.25, 0.3) is 5.91 Å². The molecule has 2 aromatic carbocycles. The molecular weight excluding hydrogens is 504 g/mol. The van der Waals surface area contributed by atoms with Crippen LogP contribution in [0, 0.1) is 28.5 Å². The molecule has 8 nitrogen and oxygen atoms in total. The SMILES string of the molecule is N#Cc1ccc(C(c2cnc(OCC(F)(F)F)nc2)N2CC[C@@H](NC(=O)c3ccc(C#N)cc3F)C2)cc1. The molecule has 1 unspecified atom stereocenters. The number of carbonyl (C=O) groups excluding carboxylic acids is 1.